The molecule has 2 aliphatic carbocycles. The summed E-state index contributed by atoms with van der Waals surface area (Å²) < 4.78 is 25.7. The first-order valence-corrected chi connectivity index (χ1v) is 19.5. The second-order valence-corrected chi connectivity index (χ2v) is 15.9. The fraction of sp³-hybridized carbons (Fsp3) is 0.558. The van der Waals surface area contributed by atoms with Crippen molar-refractivity contribution < 1.29 is 43.6 Å². The van der Waals surface area contributed by atoms with Gasteiger partial charge in [-0.2, -0.15) is 0 Å². The molecule has 0 aromatic heterocycles. The molecule has 0 unspecified atom stereocenters. The van der Waals surface area contributed by atoms with Gasteiger partial charge >= 0.3 is 12.2 Å². The number of amides is 2. The molecule has 55 heavy (non-hydrogen) atoms. The number of fused-ring (bicyclic) bond motifs is 2. The molecule has 2 aromatic carbocycles. The first-order valence-electron chi connectivity index (χ1n) is 19.5. The number of ether oxygens (including phenoxy) is 4. The lowest BCUT2D eigenvalue weighted by Crippen LogP contribution is -2.69. The number of hydrogen-bond donors (Lipinski definition) is 3. The Morgan fingerprint density at radius 1 is 1.07 bits per heavy atom. The average molecular weight is 762 g/mol. The van der Waals surface area contributed by atoms with Gasteiger partial charge in [0.15, 0.2) is 0 Å². The predicted molar refractivity (Wildman–Crippen MR) is 210 cm³/mol. The van der Waals surface area contributed by atoms with Gasteiger partial charge in [-0.15, -0.1) is 6.58 Å². The highest BCUT2D eigenvalue weighted by Gasteiger charge is 2.65. The van der Waals surface area contributed by atoms with E-state index in [9.17, 15) is 19.8 Å². The SMILES string of the molecule is C=CCO[C@@]12Oc3ccc(OC(=O)NCc4ccccc4)cc3[C@H]3[C@H](CCCCO)[C@@H](CCCCO)C=C(C(=NOC)C[C@@H]1N(C)C(=O)OCC(C)(C)C)[C@H]32. The van der Waals surface area contributed by atoms with E-state index in [-0.39, 0.29) is 56.0 Å². The van der Waals surface area contributed by atoms with Gasteiger partial charge in [0.05, 0.1) is 24.8 Å². The normalized spacial score (nSPS) is 24.7. The summed E-state index contributed by atoms with van der Waals surface area (Å²) in [6, 6.07) is 14.3. The maximum Gasteiger partial charge on any atom is 0.412 e. The van der Waals surface area contributed by atoms with Crippen molar-refractivity contribution in [3.63, 3.8) is 0 Å². The molecule has 12 nitrogen and oxygen atoms in total. The first-order chi connectivity index (χ1) is 26.5. The van der Waals surface area contributed by atoms with Crippen LogP contribution >= 0.6 is 0 Å². The number of carbonyl (C=O) groups is 2. The topological polar surface area (TPSA) is 148 Å². The van der Waals surface area contributed by atoms with Gasteiger partial charge in [0.25, 0.3) is 0 Å². The van der Waals surface area contributed by atoms with Crippen LogP contribution in [0.15, 0.2) is 78.0 Å². The molecule has 12 heteroatoms. The van der Waals surface area contributed by atoms with Crippen LogP contribution in [0.1, 0.15) is 82.8 Å². The molecule has 1 aliphatic heterocycles. The number of hydrogen-bond acceptors (Lipinski definition) is 10. The highest BCUT2D eigenvalue weighted by molar-refractivity contribution is 6.02. The van der Waals surface area contributed by atoms with Crippen LogP contribution in [0, 0.1) is 23.2 Å². The Bertz CT molecular complexity index is 1670. The zero-order valence-electron chi connectivity index (χ0n) is 33.0. The quantitative estimate of drug-likeness (QED) is 0.0855. The number of rotatable bonds is 17. The van der Waals surface area contributed by atoms with Gasteiger partial charge in [-0.1, -0.05) is 81.3 Å². The van der Waals surface area contributed by atoms with Crippen LogP contribution < -0.4 is 14.8 Å². The number of unbranched alkanes of at least 4 members (excludes halogenated alkanes) is 2. The number of oxime groups is 1. The van der Waals surface area contributed by atoms with Gasteiger partial charge < -0.3 is 44.2 Å². The minimum atomic E-state index is -1.40. The molecule has 0 spiro atoms. The standard InChI is InChI=1S/C43H59N3O9/c1-7-23-53-43-37(46(5)41(50)52-28-42(2,3)4)26-35(45-51-6)33-24-30(17-11-13-21-47)32(18-12-14-22-48)38(39(33)43)34-25-31(19-20-36(34)55-43)54-40(49)44-27-29-15-9-8-10-16-29/h7-10,15-16,19-20,24-25,30,32,37-39,47-48H,1,11-14,17-18,21-23,26-28H2,2-6H3,(H,44,49)/t30-,32+,37-,38+,39+,43+/m0/s1. The Morgan fingerprint density at radius 2 is 1.80 bits per heavy atom. The Morgan fingerprint density at radius 3 is 2.47 bits per heavy atom. The average Bonchev–Trinajstić information content (AvgIpc) is 3.17. The number of nitrogens with one attached hydrogen (secondary N) is 1. The minimum absolute atomic E-state index is 0.0243. The van der Waals surface area contributed by atoms with Crippen molar-refractivity contribution in [2.24, 2.45) is 28.3 Å². The van der Waals surface area contributed by atoms with Gasteiger partial charge in [-0.05, 0) is 72.3 Å². The van der Waals surface area contributed by atoms with Crippen molar-refractivity contribution in [2.75, 3.05) is 40.6 Å². The smallest absolute Gasteiger partial charge is 0.412 e. The van der Waals surface area contributed by atoms with Crippen LogP contribution in [-0.2, 0) is 20.9 Å². The van der Waals surface area contributed by atoms with E-state index in [0.717, 1.165) is 42.4 Å². The molecule has 0 bridgehead atoms. The molecule has 3 N–H and O–H groups in total. The van der Waals surface area contributed by atoms with Gasteiger partial charge in [-0.3, -0.25) is 0 Å². The second-order valence-electron chi connectivity index (χ2n) is 15.9. The lowest BCUT2D eigenvalue weighted by molar-refractivity contribution is -0.253. The summed E-state index contributed by atoms with van der Waals surface area (Å²) in [5.74, 6) is -1.14. The Hall–Kier alpha value is -4.39. The van der Waals surface area contributed by atoms with E-state index in [1.165, 1.54) is 7.11 Å². The van der Waals surface area contributed by atoms with E-state index in [4.69, 9.17) is 23.8 Å². The molecule has 5 rings (SSSR count). The van der Waals surface area contributed by atoms with Gasteiger partial charge in [-0.25, -0.2) is 9.59 Å². The summed E-state index contributed by atoms with van der Waals surface area (Å²) in [4.78, 5) is 34.0. The van der Waals surface area contributed by atoms with Crippen LogP contribution in [0.4, 0.5) is 9.59 Å². The molecule has 1 heterocycles. The Balaban J connectivity index is 1.65. The number of nitrogens with zero attached hydrogens (tertiary/aromatic N) is 2. The van der Waals surface area contributed by atoms with E-state index >= 15 is 0 Å². The number of carbonyl (C=O) groups excluding carboxylic acids is 2. The summed E-state index contributed by atoms with van der Waals surface area (Å²) in [5, 5.41) is 27.0. The number of aliphatic hydroxyl groups excluding tert-OH is 2. The van der Waals surface area contributed by atoms with Crippen molar-refractivity contribution in [1.29, 1.82) is 0 Å². The molecule has 1 saturated carbocycles. The summed E-state index contributed by atoms with van der Waals surface area (Å²) >= 11 is 0. The molecular formula is C43H59N3O9. The predicted octanol–water partition coefficient (Wildman–Crippen LogP) is 7.35. The van der Waals surface area contributed by atoms with E-state index in [1.807, 2.05) is 63.2 Å². The molecule has 0 radical (unpaired) electrons. The summed E-state index contributed by atoms with van der Waals surface area (Å²) in [6.45, 7) is 10.8. The van der Waals surface area contributed by atoms with Crippen LogP contribution in [0.25, 0.3) is 0 Å². The molecule has 2 amide bonds. The number of aliphatic hydroxyl groups is 2. The fourth-order valence-electron chi connectivity index (χ4n) is 8.32. The summed E-state index contributed by atoms with van der Waals surface area (Å²) in [5.41, 5.74) is 3.13. The number of likely N-dealkylation sites (N-methyl/N-ethyl adjacent to an activating group) is 1. The second kappa shape index (κ2) is 19.0. The van der Waals surface area contributed by atoms with E-state index in [2.05, 4.69) is 23.1 Å². The molecule has 0 saturated heterocycles. The number of allylic oxidation sites excluding steroid dienone is 1. The van der Waals surface area contributed by atoms with Gasteiger partial charge in [0, 0.05) is 44.7 Å². The summed E-state index contributed by atoms with van der Waals surface area (Å²) in [6.07, 6.45) is 7.59. The Labute approximate surface area is 325 Å². The number of benzene rings is 2. The lowest BCUT2D eigenvalue weighted by Gasteiger charge is -2.59. The third-order valence-corrected chi connectivity index (χ3v) is 10.7. The van der Waals surface area contributed by atoms with E-state index in [0.29, 0.717) is 36.6 Å². The van der Waals surface area contributed by atoms with E-state index in [1.54, 1.807) is 24.1 Å². The van der Waals surface area contributed by atoms with Gasteiger partial charge in [0.1, 0.15) is 24.7 Å². The molecule has 300 valence electrons. The van der Waals surface area contributed by atoms with E-state index < -0.39 is 29.9 Å². The van der Waals surface area contributed by atoms with Crippen LogP contribution in [-0.4, -0.2) is 85.4 Å². The lowest BCUT2D eigenvalue weighted by atomic mass is 9.55. The first kappa shape index (κ1) is 41.8. The zero-order valence-corrected chi connectivity index (χ0v) is 33.0. The van der Waals surface area contributed by atoms with Crippen molar-refractivity contribution in [3.05, 3.63) is 84.0 Å². The van der Waals surface area contributed by atoms with Gasteiger partial charge in [0.2, 0.25) is 5.79 Å². The Kier molecular flexibility index (Phi) is 14.4. The van der Waals surface area contributed by atoms with Crippen molar-refractivity contribution in [3.8, 4) is 11.5 Å². The molecule has 3 aliphatic rings. The monoisotopic (exact) mass is 761 g/mol. The molecule has 6 atom stereocenters. The maximum atomic E-state index is 13.9. The third kappa shape index (κ3) is 9.89. The maximum absolute atomic E-state index is 13.9. The summed E-state index contributed by atoms with van der Waals surface area (Å²) in [7, 11) is 3.21. The molecular weight excluding hydrogens is 702 g/mol. The van der Waals surface area contributed by atoms with Crippen LogP contribution in [0.2, 0.25) is 0 Å². The minimum Gasteiger partial charge on any atom is -0.459 e. The van der Waals surface area contributed by atoms with Crippen LogP contribution in [0.3, 0.4) is 0 Å². The van der Waals surface area contributed by atoms with Crippen molar-refractivity contribution in [1.82, 2.24) is 10.2 Å². The van der Waals surface area contributed by atoms with Crippen molar-refractivity contribution in [2.45, 2.75) is 90.0 Å². The molecule has 1 fully saturated rings. The van der Waals surface area contributed by atoms with Crippen LogP contribution in [0.5, 0.6) is 11.5 Å². The highest BCUT2D eigenvalue weighted by Crippen LogP contribution is 2.61. The van der Waals surface area contributed by atoms with Crippen molar-refractivity contribution >= 4 is 17.9 Å². The zero-order chi connectivity index (χ0) is 39.6. The fourth-order valence-corrected chi connectivity index (χ4v) is 8.32. The molecule has 2 aromatic rings. The largest absolute Gasteiger partial charge is 0.459 e. The highest BCUT2D eigenvalue weighted by atomic mass is 16.7. The third-order valence-electron chi connectivity index (χ3n) is 10.7.